The minimum Gasteiger partial charge on any atom is -0.406 e. The van der Waals surface area contributed by atoms with Crippen LogP contribution in [0.25, 0.3) is 0 Å². The van der Waals surface area contributed by atoms with Crippen LogP contribution in [0, 0.1) is 0 Å². The number of benzene rings is 1. The number of hydrogen-bond acceptors (Lipinski definition) is 5. The second-order valence-electron chi connectivity index (χ2n) is 7.21. The summed E-state index contributed by atoms with van der Waals surface area (Å²) in [6.07, 6.45) is -5.08. The maximum absolute atomic E-state index is 12.2. The van der Waals surface area contributed by atoms with Crippen molar-refractivity contribution in [3.8, 4) is 5.75 Å². The molecule has 0 saturated heterocycles. The number of likely N-dealkylation sites (N-methyl/N-ethyl adjacent to an activating group) is 1. The van der Waals surface area contributed by atoms with Gasteiger partial charge >= 0.3 is 6.36 Å². The van der Waals surface area contributed by atoms with Crippen molar-refractivity contribution in [3.63, 3.8) is 0 Å². The number of carbonyl (C=O) groups is 2. The fourth-order valence-electron chi connectivity index (χ4n) is 2.15. The van der Waals surface area contributed by atoms with E-state index in [0.29, 0.717) is 0 Å². The van der Waals surface area contributed by atoms with E-state index in [1.807, 2.05) is 0 Å². The summed E-state index contributed by atoms with van der Waals surface area (Å²) in [7, 11) is -2.61. The van der Waals surface area contributed by atoms with Crippen LogP contribution in [0.5, 0.6) is 5.75 Å². The number of halogens is 3. The SMILES string of the molecule is CN(CC(=O)NC(C)(C)C)C(=O)CCNS(=O)(=O)c1ccc(OC(F)(F)F)cc1. The highest BCUT2D eigenvalue weighted by atomic mass is 32.2. The largest absolute Gasteiger partial charge is 0.573 e. The fraction of sp³-hybridized carbons (Fsp3) is 0.529. The van der Waals surface area contributed by atoms with Crippen LogP contribution in [0.15, 0.2) is 29.2 Å². The molecule has 0 heterocycles. The Kier molecular flexibility index (Phi) is 8.04. The van der Waals surface area contributed by atoms with E-state index >= 15 is 0 Å². The summed E-state index contributed by atoms with van der Waals surface area (Å²) < 4.78 is 66.5. The van der Waals surface area contributed by atoms with Crippen molar-refractivity contribution >= 4 is 21.8 Å². The van der Waals surface area contributed by atoms with Gasteiger partial charge in [-0.3, -0.25) is 9.59 Å². The van der Waals surface area contributed by atoms with Gasteiger partial charge in [0.25, 0.3) is 0 Å². The second-order valence-corrected chi connectivity index (χ2v) is 8.98. The van der Waals surface area contributed by atoms with E-state index in [1.54, 1.807) is 20.8 Å². The number of carbonyl (C=O) groups excluding carboxylic acids is 2. The summed E-state index contributed by atoms with van der Waals surface area (Å²) in [5.41, 5.74) is -0.447. The van der Waals surface area contributed by atoms with Crippen molar-refractivity contribution in [2.75, 3.05) is 20.1 Å². The molecule has 12 heteroatoms. The summed E-state index contributed by atoms with van der Waals surface area (Å²) in [6, 6.07) is 3.64. The third-order valence-corrected chi connectivity index (χ3v) is 4.80. The van der Waals surface area contributed by atoms with E-state index in [2.05, 4.69) is 14.8 Å². The highest BCUT2D eigenvalue weighted by molar-refractivity contribution is 7.89. The van der Waals surface area contributed by atoms with Crippen LogP contribution in [0.2, 0.25) is 0 Å². The minimum atomic E-state index is -4.88. The van der Waals surface area contributed by atoms with Gasteiger partial charge in [-0.1, -0.05) is 0 Å². The van der Waals surface area contributed by atoms with E-state index in [4.69, 9.17) is 0 Å². The zero-order valence-electron chi connectivity index (χ0n) is 16.5. The molecule has 0 aliphatic heterocycles. The van der Waals surface area contributed by atoms with Crippen LogP contribution >= 0.6 is 0 Å². The Labute approximate surface area is 167 Å². The predicted octanol–water partition coefficient (Wildman–Crippen LogP) is 1.63. The number of nitrogens with one attached hydrogen (secondary N) is 2. The smallest absolute Gasteiger partial charge is 0.406 e. The van der Waals surface area contributed by atoms with Crippen molar-refractivity contribution in [2.24, 2.45) is 0 Å². The van der Waals surface area contributed by atoms with Crippen molar-refractivity contribution in [3.05, 3.63) is 24.3 Å². The quantitative estimate of drug-likeness (QED) is 0.641. The Hall–Kier alpha value is -2.34. The molecule has 0 atom stereocenters. The Morgan fingerprint density at radius 3 is 2.14 bits per heavy atom. The van der Waals surface area contributed by atoms with Crippen LogP contribution in [-0.4, -0.2) is 57.2 Å². The average molecular weight is 439 g/mol. The topological polar surface area (TPSA) is 105 Å². The summed E-state index contributed by atoms with van der Waals surface area (Å²) >= 11 is 0. The first kappa shape index (κ1) is 24.7. The van der Waals surface area contributed by atoms with Gasteiger partial charge in [0.2, 0.25) is 21.8 Å². The molecule has 2 amide bonds. The number of alkyl halides is 3. The zero-order chi connectivity index (χ0) is 22.5. The first-order chi connectivity index (χ1) is 13.1. The van der Waals surface area contributed by atoms with Crippen molar-refractivity contribution < 1.29 is 35.9 Å². The van der Waals surface area contributed by atoms with Crippen LogP contribution in [-0.2, 0) is 19.6 Å². The summed E-state index contributed by atoms with van der Waals surface area (Å²) in [4.78, 5) is 24.7. The Morgan fingerprint density at radius 1 is 1.10 bits per heavy atom. The molecule has 0 unspecified atom stereocenters. The Morgan fingerprint density at radius 2 is 1.66 bits per heavy atom. The van der Waals surface area contributed by atoms with Gasteiger partial charge in [0.05, 0.1) is 11.4 Å². The molecule has 164 valence electrons. The summed E-state index contributed by atoms with van der Waals surface area (Å²) in [5, 5.41) is 2.70. The van der Waals surface area contributed by atoms with Crippen molar-refractivity contribution in [1.82, 2.24) is 14.9 Å². The lowest BCUT2D eigenvalue weighted by atomic mass is 10.1. The number of nitrogens with zero attached hydrogens (tertiary/aromatic N) is 1. The number of ether oxygens (including phenoxy) is 1. The fourth-order valence-corrected chi connectivity index (χ4v) is 3.18. The van der Waals surface area contributed by atoms with Crippen LogP contribution in [0.3, 0.4) is 0 Å². The lowest BCUT2D eigenvalue weighted by Gasteiger charge is -2.23. The van der Waals surface area contributed by atoms with E-state index in [-0.39, 0.29) is 30.3 Å². The molecule has 1 aromatic carbocycles. The summed E-state index contributed by atoms with van der Waals surface area (Å²) in [5.74, 6) is -1.36. The highest BCUT2D eigenvalue weighted by Crippen LogP contribution is 2.23. The van der Waals surface area contributed by atoms with E-state index in [1.165, 1.54) is 11.9 Å². The molecule has 0 aliphatic carbocycles. The molecule has 0 fully saturated rings. The maximum Gasteiger partial charge on any atom is 0.573 e. The molecule has 1 aromatic rings. The molecule has 0 spiro atoms. The van der Waals surface area contributed by atoms with Gasteiger partial charge in [-0.25, -0.2) is 13.1 Å². The number of sulfonamides is 1. The zero-order valence-corrected chi connectivity index (χ0v) is 17.3. The van der Waals surface area contributed by atoms with E-state index in [9.17, 15) is 31.2 Å². The van der Waals surface area contributed by atoms with Gasteiger partial charge in [0.15, 0.2) is 0 Å². The lowest BCUT2D eigenvalue weighted by molar-refractivity contribution is -0.274. The van der Waals surface area contributed by atoms with Crippen LogP contribution in [0.4, 0.5) is 13.2 Å². The van der Waals surface area contributed by atoms with E-state index in [0.717, 1.165) is 24.3 Å². The summed E-state index contributed by atoms with van der Waals surface area (Å²) in [6.45, 7) is 4.96. The average Bonchev–Trinajstić information content (AvgIpc) is 2.51. The molecular formula is C17H24F3N3O5S. The van der Waals surface area contributed by atoms with Gasteiger partial charge in [0.1, 0.15) is 5.75 Å². The van der Waals surface area contributed by atoms with Crippen LogP contribution < -0.4 is 14.8 Å². The number of hydrogen-bond donors (Lipinski definition) is 2. The molecule has 0 aliphatic rings. The molecule has 2 N–H and O–H groups in total. The lowest BCUT2D eigenvalue weighted by Crippen LogP contribution is -2.46. The maximum atomic E-state index is 12.2. The van der Waals surface area contributed by atoms with E-state index < -0.39 is 33.6 Å². The Balaban J connectivity index is 2.55. The third kappa shape index (κ3) is 9.61. The molecule has 0 aromatic heterocycles. The van der Waals surface area contributed by atoms with Gasteiger partial charge in [-0.05, 0) is 45.0 Å². The van der Waals surface area contributed by atoms with Crippen molar-refractivity contribution in [1.29, 1.82) is 0 Å². The molecule has 8 nitrogen and oxygen atoms in total. The first-order valence-electron chi connectivity index (χ1n) is 8.49. The van der Waals surface area contributed by atoms with Gasteiger partial charge in [0, 0.05) is 25.6 Å². The molecule has 0 saturated carbocycles. The molecular weight excluding hydrogens is 415 g/mol. The van der Waals surface area contributed by atoms with Crippen LogP contribution in [0.1, 0.15) is 27.2 Å². The Bertz CT molecular complexity index is 818. The van der Waals surface area contributed by atoms with Gasteiger partial charge in [-0.15, -0.1) is 13.2 Å². The molecule has 1 rings (SSSR count). The molecule has 29 heavy (non-hydrogen) atoms. The third-order valence-electron chi connectivity index (χ3n) is 3.32. The monoisotopic (exact) mass is 439 g/mol. The molecule has 0 radical (unpaired) electrons. The van der Waals surface area contributed by atoms with Crippen molar-refractivity contribution in [2.45, 2.75) is 44.0 Å². The number of amides is 2. The normalized spacial score (nSPS) is 12.4. The molecule has 0 bridgehead atoms. The number of rotatable bonds is 8. The highest BCUT2D eigenvalue weighted by Gasteiger charge is 2.31. The van der Waals surface area contributed by atoms with Gasteiger partial charge < -0.3 is 15.0 Å². The minimum absolute atomic E-state index is 0.177. The standard InChI is InChI=1S/C17H24F3N3O5S/c1-16(2,3)22-14(24)11-23(4)15(25)9-10-21-29(26,27)13-7-5-12(6-8-13)28-17(18,19)20/h5-8,21H,9-11H2,1-4H3,(H,22,24). The predicted molar refractivity (Wildman–Crippen MR) is 98.5 cm³/mol. The van der Waals surface area contributed by atoms with Gasteiger partial charge in [-0.2, -0.15) is 0 Å². The second kappa shape index (κ2) is 9.44. The first-order valence-corrected chi connectivity index (χ1v) is 9.98.